The van der Waals surface area contributed by atoms with Gasteiger partial charge >= 0.3 is 0 Å². The van der Waals surface area contributed by atoms with E-state index >= 15 is 0 Å². The fraction of sp³-hybridized carbons (Fsp3) is 0.238. The Morgan fingerprint density at radius 2 is 1.77 bits per heavy atom. The summed E-state index contributed by atoms with van der Waals surface area (Å²) < 4.78 is 5.36. The molecule has 2 aromatic rings. The standard InChI is InChI=1S/C21H21N3O2/c1-16-2-6-19(7-3-16)23-21(25)18(15-22)14-17-4-8-20(9-5-17)24-10-12-26-13-11-24/h2-9,14H,10-13H2,1H3,(H,23,25)/b18-14+. The average Bonchev–Trinajstić information content (AvgIpc) is 2.69. The number of aryl methyl sites for hydroxylation is 1. The molecule has 0 unspecified atom stereocenters. The van der Waals surface area contributed by atoms with Gasteiger partial charge in [-0.3, -0.25) is 4.79 Å². The minimum absolute atomic E-state index is 0.0738. The van der Waals surface area contributed by atoms with Gasteiger partial charge in [-0.25, -0.2) is 0 Å². The molecule has 0 atom stereocenters. The first-order valence-corrected chi connectivity index (χ1v) is 8.58. The third kappa shape index (κ3) is 4.50. The quantitative estimate of drug-likeness (QED) is 0.680. The average molecular weight is 347 g/mol. The molecular weight excluding hydrogens is 326 g/mol. The van der Waals surface area contributed by atoms with Crippen molar-refractivity contribution in [1.29, 1.82) is 5.26 Å². The lowest BCUT2D eigenvalue weighted by atomic mass is 10.1. The highest BCUT2D eigenvalue weighted by molar-refractivity contribution is 6.09. The van der Waals surface area contributed by atoms with Crippen LogP contribution in [-0.2, 0) is 9.53 Å². The van der Waals surface area contributed by atoms with Crippen molar-refractivity contribution in [3.05, 3.63) is 65.2 Å². The van der Waals surface area contributed by atoms with E-state index in [0.29, 0.717) is 5.69 Å². The van der Waals surface area contributed by atoms with Crippen LogP contribution in [0.15, 0.2) is 54.1 Å². The molecule has 3 rings (SSSR count). The first-order valence-electron chi connectivity index (χ1n) is 8.58. The van der Waals surface area contributed by atoms with Gasteiger partial charge in [0.2, 0.25) is 0 Å². The van der Waals surface area contributed by atoms with Crippen LogP contribution < -0.4 is 10.2 Å². The van der Waals surface area contributed by atoms with Crippen LogP contribution in [0.25, 0.3) is 6.08 Å². The Morgan fingerprint density at radius 3 is 2.38 bits per heavy atom. The van der Waals surface area contributed by atoms with Crippen LogP contribution in [0.5, 0.6) is 0 Å². The number of anilines is 2. The molecule has 1 aliphatic heterocycles. The van der Waals surface area contributed by atoms with Crippen molar-refractivity contribution in [2.24, 2.45) is 0 Å². The Bertz CT molecular complexity index is 827. The van der Waals surface area contributed by atoms with Crippen molar-refractivity contribution in [2.45, 2.75) is 6.92 Å². The summed E-state index contributed by atoms with van der Waals surface area (Å²) >= 11 is 0. The lowest BCUT2D eigenvalue weighted by Crippen LogP contribution is -2.36. The second-order valence-electron chi connectivity index (χ2n) is 6.18. The zero-order valence-corrected chi connectivity index (χ0v) is 14.7. The fourth-order valence-electron chi connectivity index (χ4n) is 2.75. The van der Waals surface area contributed by atoms with Crippen LogP contribution in [-0.4, -0.2) is 32.2 Å². The van der Waals surface area contributed by atoms with Crippen LogP contribution in [0.4, 0.5) is 11.4 Å². The van der Waals surface area contributed by atoms with E-state index in [1.807, 2.05) is 61.5 Å². The maximum Gasteiger partial charge on any atom is 0.266 e. The molecule has 2 aromatic carbocycles. The number of nitriles is 1. The van der Waals surface area contributed by atoms with Crippen LogP contribution in [0.1, 0.15) is 11.1 Å². The number of morpholine rings is 1. The van der Waals surface area contributed by atoms with Gasteiger partial charge in [0.1, 0.15) is 11.6 Å². The second kappa shape index (κ2) is 8.32. The molecule has 1 heterocycles. The Hall–Kier alpha value is -3.10. The Kier molecular flexibility index (Phi) is 5.67. The Morgan fingerprint density at radius 1 is 1.12 bits per heavy atom. The number of nitrogens with one attached hydrogen (secondary N) is 1. The maximum absolute atomic E-state index is 12.3. The molecule has 1 N–H and O–H groups in total. The summed E-state index contributed by atoms with van der Waals surface area (Å²) in [5.74, 6) is -0.409. The van der Waals surface area contributed by atoms with Crippen LogP contribution >= 0.6 is 0 Å². The number of carbonyl (C=O) groups excluding carboxylic acids is 1. The molecule has 5 nitrogen and oxygen atoms in total. The van der Waals surface area contributed by atoms with E-state index in [-0.39, 0.29) is 5.57 Å². The smallest absolute Gasteiger partial charge is 0.266 e. The predicted molar refractivity (Wildman–Crippen MR) is 103 cm³/mol. The highest BCUT2D eigenvalue weighted by Gasteiger charge is 2.12. The summed E-state index contributed by atoms with van der Waals surface area (Å²) in [6.07, 6.45) is 1.60. The number of benzene rings is 2. The maximum atomic E-state index is 12.3. The number of hydrogen-bond acceptors (Lipinski definition) is 4. The van der Waals surface area contributed by atoms with Gasteiger partial charge in [0, 0.05) is 24.5 Å². The molecule has 132 valence electrons. The normalized spacial score (nSPS) is 14.6. The third-order valence-electron chi connectivity index (χ3n) is 4.25. The monoisotopic (exact) mass is 347 g/mol. The summed E-state index contributed by atoms with van der Waals surface area (Å²) in [6, 6.07) is 17.3. The molecule has 1 saturated heterocycles. The van der Waals surface area contributed by atoms with E-state index in [1.165, 1.54) is 0 Å². The minimum atomic E-state index is -0.409. The lowest BCUT2D eigenvalue weighted by molar-refractivity contribution is -0.112. The predicted octanol–water partition coefficient (Wildman–Crippen LogP) is 3.38. The van der Waals surface area contributed by atoms with Gasteiger partial charge in [0.15, 0.2) is 0 Å². The number of carbonyl (C=O) groups is 1. The summed E-state index contributed by atoms with van der Waals surface area (Å²) in [5.41, 5.74) is 3.79. The van der Waals surface area contributed by atoms with Crippen molar-refractivity contribution < 1.29 is 9.53 Å². The molecule has 26 heavy (non-hydrogen) atoms. The fourth-order valence-corrected chi connectivity index (χ4v) is 2.75. The molecular formula is C21H21N3O2. The summed E-state index contributed by atoms with van der Waals surface area (Å²) in [4.78, 5) is 14.6. The van der Waals surface area contributed by atoms with Gasteiger partial charge in [-0.2, -0.15) is 5.26 Å². The molecule has 1 fully saturated rings. The highest BCUT2D eigenvalue weighted by Crippen LogP contribution is 2.18. The number of rotatable bonds is 4. The number of hydrogen-bond donors (Lipinski definition) is 1. The minimum Gasteiger partial charge on any atom is -0.378 e. The molecule has 0 aliphatic carbocycles. The van der Waals surface area contributed by atoms with E-state index in [1.54, 1.807) is 6.08 Å². The third-order valence-corrected chi connectivity index (χ3v) is 4.25. The number of ether oxygens (including phenoxy) is 1. The second-order valence-corrected chi connectivity index (χ2v) is 6.18. The molecule has 0 bridgehead atoms. The SMILES string of the molecule is Cc1ccc(NC(=O)/C(C#N)=C/c2ccc(N3CCOCC3)cc2)cc1. The van der Waals surface area contributed by atoms with E-state index in [0.717, 1.165) is 43.1 Å². The van der Waals surface area contributed by atoms with Gasteiger partial charge < -0.3 is 15.0 Å². The highest BCUT2D eigenvalue weighted by atomic mass is 16.5. The van der Waals surface area contributed by atoms with Crippen molar-refractivity contribution in [3.63, 3.8) is 0 Å². The molecule has 1 amide bonds. The topological polar surface area (TPSA) is 65.4 Å². The molecule has 1 aliphatic rings. The van der Waals surface area contributed by atoms with Crippen molar-refractivity contribution >= 4 is 23.4 Å². The zero-order chi connectivity index (χ0) is 18.4. The van der Waals surface area contributed by atoms with Gasteiger partial charge in [-0.1, -0.05) is 29.8 Å². The van der Waals surface area contributed by atoms with Gasteiger partial charge in [-0.15, -0.1) is 0 Å². The number of amides is 1. The van der Waals surface area contributed by atoms with Crippen molar-refractivity contribution in [2.75, 3.05) is 36.5 Å². The summed E-state index contributed by atoms with van der Waals surface area (Å²) in [5, 5.41) is 12.1. The van der Waals surface area contributed by atoms with Gasteiger partial charge in [0.25, 0.3) is 5.91 Å². The Labute approximate surface area is 153 Å². The van der Waals surface area contributed by atoms with Crippen LogP contribution in [0.3, 0.4) is 0 Å². The van der Waals surface area contributed by atoms with Crippen LogP contribution in [0, 0.1) is 18.3 Å². The molecule has 0 aromatic heterocycles. The van der Waals surface area contributed by atoms with Gasteiger partial charge in [-0.05, 0) is 42.8 Å². The van der Waals surface area contributed by atoms with E-state index < -0.39 is 5.91 Å². The van der Waals surface area contributed by atoms with E-state index in [4.69, 9.17) is 4.74 Å². The first-order chi connectivity index (χ1) is 12.7. The Balaban J connectivity index is 1.70. The summed E-state index contributed by atoms with van der Waals surface area (Å²) in [6.45, 7) is 5.20. The van der Waals surface area contributed by atoms with Crippen molar-refractivity contribution in [3.8, 4) is 6.07 Å². The zero-order valence-electron chi connectivity index (χ0n) is 14.7. The molecule has 0 saturated carbocycles. The van der Waals surface area contributed by atoms with Crippen LogP contribution in [0.2, 0.25) is 0 Å². The first kappa shape index (κ1) is 17.7. The lowest BCUT2D eigenvalue weighted by Gasteiger charge is -2.28. The molecule has 0 radical (unpaired) electrons. The number of nitrogens with zero attached hydrogens (tertiary/aromatic N) is 2. The molecule has 0 spiro atoms. The van der Waals surface area contributed by atoms with Crippen molar-refractivity contribution in [1.82, 2.24) is 0 Å². The largest absolute Gasteiger partial charge is 0.378 e. The van der Waals surface area contributed by atoms with Gasteiger partial charge in [0.05, 0.1) is 13.2 Å². The summed E-state index contributed by atoms with van der Waals surface area (Å²) in [7, 11) is 0. The van der Waals surface area contributed by atoms with E-state index in [2.05, 4.69) is 10.2 Å². The molecule has 5 heteroatoms. The van der Waals surface area contributed by atoms with E-state index in [9.17, 15) is 10.1 Å².